The summed E-state index contributed by atoms with van der Waals surface area (Å²) < 4.78 is 1.83. The Morgan fingerprint density at radius 1 is 1.35 bits per heavy atom. The highest BCUT2D eigenvalue weighted by Gasteiger charge is 2.06. The van der Waals surface area contributed by atoms with Crippen molar-refractivity contribution in [1.29, 1.82) is 0 Å². The van der Waals surface area contributed by atoms with Crippen molar-refractivity contribution in [2.24, 2.45) is 7.05 Å². The lowest BCUT2D eigenvalue weighted by atomic mass is 10.2. The van der Waals surface area contributed by atoms with Gasteiger partial charge in [0.2, 0.25) is 5.91 Å². The van der Waals surface area contributed by atoms with E-state index in [2.05, 4.69) is 10.3 Å². The Hall–Kier alpha value is -2.28. The van der Waals surface area contributed by atoms with Gasteiger partial charge < -0.3 is 19.8 Å². The minimum atomic E-state index is -1.24. The number of aryl methyl sites for hydroxylation is 1. The summed E-state index contributed by atoms with van der Waals surface area (Å²) in [6, 6.07) is 5.82. The van der Waals surface area contributed by atoms with Crippen LogP contribution in [0.2, 0.25) is 0 Å². The van der Waals surface area contributed by atoms with Gasteiger partial charge in [-0.2, -0.15) is 0 Å². The van der Waals surface area contributed by atoms with Crippen LogP contribution in [0.3, 0.4) is 0 Å². The lowest BCUT2D eigenvalue weighted by molar-refractivity contribution is -0.255. The molecule has 6 nitrogen and oxygen atoms in total. The van der Waals surface area contributed by atoms with Crippen LogP contribution < -0.4 is 10.4 Å². The van der Waals surface area contributed by atoms with Gasteiger partial charge in [-0.15, -0.1) is 0 Å². The number of thioether (sulfide) groups is 1. The Labute approximate surface area is 119 Å². The summed E-state index contributed by atoms with van der Waals surface area (Å²) >= 11 is 1.32. The van der Waals surface area contributed by atoms with Crippen molar-refractivity contribution in [3.8, 4) is 0 Å². The summed E-state index contributed by atoms with van der Waals surface area (Å²) in [6.45, 7) is 0. The van der Waals surface area contributed by atoms with Gasteiger partial charge in [0, 0.05) is 25.1 Å². The number of benzene rings is 1. The summed E-state index contributed by atoms with van der Waals surface area (Å²) in [6.07, 6.45) is 3.47. The van der Waals surface area contributed by atoms with E-state index in [0.717, 1.165) is 5.16 Å². The summed E-state index contributed by atoms with van der Waals surface area (Å²) in [4.78, 5) is 26.4. The van der Waals surface area contributed by atoms with Crippen LogP contribution in [0.15, 0.2) is 41.8 Å². The fraction of sp³-hybridized carbons (Fsp3) is 0.154. The maximum absolute atomic E-state index is 11.7. The quantitative estimate of drug-likeness (QED) is 0.811. The Balaban J connectivity index is 1.88. The second-order valence-corrected chi connectivity index (χ2v) is 4.96. The number of aromatic nitrogens is 2. The monoisotopic (exact) mass is 290 g/mol. The van der Waals surface area contributed by atoms with E-state index >= 15 is 0 Å². The minimum absolute atomic E-state index is 0.0744. The van der Waals surface area contributed by atoms with E-state index < -0.39 is 5.97 Å². The van der Waals surface area contributed by atoms with E-state index in [1.54, 1.807) is 12.4 Å². The molecule has 0 atom stereocenters. The first-order valence-electron chi connectivity index (χ1n) is 5.77. The van der Waals surface area contributed by atoms with Crippen molar-refractivity contribution >= 4 is 29.3 Å². The van der Waals surface area contributed by atoms with Gasteiger partial charge in [-0.3, -0.25) is 4.79 Å². The molecule has 0 saturated carbocycles. The molecule has 0 aliphatic heterocycles. The summed E-state index contributed by atoms with van der Waals surface area (Å²) in [5.41, 5.74) is 0.617. The van der Waals surface area contributed by atoms with E-state index in [1.165, 1.54) is 36.0 Å². The van der Waals surface area contributed by atoms with Crippen LogP contribution in [-0.4, -0.2) is 27.2 Å². The van der Waals surface area contributed by atoms with Gasteiger partial charge in [-0.1, -0.05) is 23.9 Å². The lowest BCUT2D eigenvalue weighted by Crippen LogP contribution is -2.22. The number of carboxylic acids is 1. The van der Waals surface area contributed by atoms with Gasteiger partial charge in [-0.25, -0.2) is 4.98 Å². The number of nitrogens with one attached hydrogen (secondary N) is 1. The zero-order chi connectivity index (χ0) is 14.5. The van der Waals surface area contributed by atoms with Crippen LogP contribution >= 0.6 is 11.8 Å². The van der Waals surface area contributed by atoms with Crippen LogP contribution in [0.25, 0.3) is 0 Å². The Morgan fingerprint density at radius 2 is 2.05 bits per heavy atom. The first kappa shape index (κ1) is 14.1. The maximum Gasteiger partial charge on any atom is 0.234 e. The van der Waals surface area contributed by atoms with E-state index in [1.807, 2.05) is 11.6 Å². The fourth-order valence-corrected chi connectivity index (χ4v) is 2.24. The summed E-state index contributed by atoms with van der Waals surface area (Å²) in [5.74, 6) is -1.19. The number of amides is 1. The van der Waals surface area contributed by atoms with Gasteiger partial charge in [-0.05, 0) is 17.7 Å². The minimum Gasteiger partial charge on any atom is -0.545 e. The molecule has 2 aromatic rings. The topological polar surface area (TPSA) is 87.0 Å². The fourth-order valence-electron chi connectivity index (χ4n) is 1.51. The normalized spacial score (nSPS) is 10.2. The number of aromatic carboxylic acids is 1. The molecular weight excluding hydrogens is 278 g/mol. The standard InChI is InChI=1S/C13H13N3O3S/c1-16-7-6-14-13(16)20-8-11(17)15-10-4-2-9(3-5-10)12(18)19/h2-7H,8H2,1H3,(H,15,17)(H,18,19)/p-1. The third kappa shape index (κ3) is 3.61. The first-order chi connectivity index (χ1) is 9.56. The number of hydrogen-bond donors (Lipinski definition) is 1. The highest BCUT2D eigenvalue weighted by atomic mass is 32.2. The predicted octanol–water partition coefficient (Wildman–Crippen LogP) is 0.514. The second kappa shape index (κ2) is 6.25. The highest BCUT2D eigenvalue weighted by molar-refractivity contribution is 7.99. The molecule has 0 bridgehead atoms. The summed E-state index contributed by atoms with van der Waals surface area (Å²) in [7, 11) is 1.85. The molecule has 0 spiro atoms. The molecule has 1 amide bonds. The third-order valence-electron chi connectivity index (χ3n) is 2.51. The van der Waals surface area contributed by atoms with Gasteiger partial charge in [0.25, 0.3) is 0 Å². The zero-order valence-corrected chi connectivity index (χ0v) is 11.5. The second-order valence-electron chi connectivity index (χ2n) is 4.02. The van der Waals surface area contributed by atoms with E-state index in [0.29, 0.717) is 5.69 Å². The number of nitrogens with zero attached hydrogens (tertiary/aromatic N) is 2. The number of rotatable bonds is 5. The van der Waals surface area contributed by atoms with Crippen molar-refractivity contribution in [3.05, 3.63) is 42.2 Å². The molecule has 20 heavy (non-hydrogen) atoms. The van der Waals surface area contributed by atoms with E-state index in [9.17, 15) is 14.7 Å². The van der Waals surface area contributed by atoms with Crippen LogP contribution in [0.1, 0.15) is 10.4 Å². The number of carbonyl (C=O) groups is 2. The maximum atomic E-state index is 11.7. The average Bonchev–Trinajstić information content (AvgIpc) is 2.82. The first-order valence-corrected chi connectivity index (χ1v) is 6.76. The molecule has 0 fully saturated rings. The van der Waals surface area contributed by atoms with Gasteiger partial charge >= 0.3 is 0 Å². The lowest BCUT2D eigenvalue weighted by Gasteiger charge is -2.07. The number of carboxylic acid groups (broad SMARTS) is 1. The van der Waals surface area contributed by atoms with Crippen molar-refractivity contribution in [1.82, 2.24) is 9.55 Å². The number of anilines is 1. The highest BCUT2D eigenvalue weighted by Crippen LogP contribution is 2.15. The number of imidazole rings is 1. The predicted molar refractivity (Wildman–Crippen MR) is 73.3 cm³/mol. The zero-order valence-electron chi connectivity index (χ0n) is 10.7. The van der Waals surface area contributed by atoms with Crippen molar-refractivity contribution in [3.63, 3.8) is 0 Å². The third-order valence-corrected chi connectivity index (χ3v) is 3.57. The molecule has 104 valence electrons. The molecule has 0 aliphatic carbocycles. The Morgan fingerprint density at radius 3 is 2.60 bits per heavy atom. The van der Waals surface area contributed by atoms with Crippen LogP contribution in [-0.2, 0) is 11.8 Å². The van der Waals surface area contributed by atoms with E-state index in [-0.39, 0.29) is 17.2 Å². The van der Waals surface area contributed by atoms with Crippen LogP contribution in [0, 0.1) is 0 Å². The molecule has 1 aromatic heterocycles. The number of carbonyl (C=O) groups excluding carboxylic acids is 2. The SMILES string of the molecule is Cn1ccnc1SCC(=O)Nc1ccc(C(=O)[O-])cc1. The molecule has 1 N–H and O–H groups in total. The molecule has 0 unspecified atom stereocenters. The summed E-state index contributed by atoms with van der Waals surface area (Å²) in [5, 5.41) is 14.0. The molecule has 1 heterocycles. The average molecular weight is 290 g/mol. The molecule has 1 aromatic carbocycles. The van der Waals surface area contributed by atoms with Crippen molar-refractivity contribution in [2.45, 2.75) is 5.16 Å². The van der Waals surface area contributed by atoms with E-state index in [4.69, 9.17) is 0 Å². The van der Waals surface area contributed by atoms with Gasteiger partial charge in [0.05, 0.1) is 11.7 Å². The number of hydrogen-bond acceptors (Lipinski definition) is 5. The molecular formula is C13H12N3O3S-. The van der Waals surface area contributed by atoms with Crippen LogP contribution in [0.5, 0.6) is 0 Å². The van der Waals surface area contributed by atoms with Crippen molar-refractivity contribution < 1.29 is 14.7 Å². The van der Waals surface area contributed by atoms with Crippen molar-refractivity contribution in [2.75, 3.05) is 11.1 Å². The molecule has 0 aliphatic rings. The smallest absolute Gasteiger partial charge is 0.234 e. The largest absolute Gasteiger partial charge is 0.545 e. The molecule has 0 radical (unpaired) electrons. The van der Waals surface area contributed by atoms with Crippen LogP contribution in [0.4, 0.5) is 5.69 Å². The molecule has 7 heteroatoms. The van der Waals surface area contributed by atoms with Gasteiger partial charge in [0.1, 0.15) is 0 Å². The molecule has 0 saturated heterocycles. The van der Waals surface area contributed by atoms with Gasteiger partial charge in [0.15, 0.2) is 5.16 Å². The molecule has 2 rings (SSSR count). The Kier molecular flexibility index (Phi) is 4.41. The Bertz CT molecular complexity index is 622.